The Morgan fingerprint density at radius 1 is 0.917 bits per heavy atom. The second-order valence-corrected chi connectivity index (χ2v) is 6.06. The molecule has 0 atom stereocenters. The van der Waals surface area contributed by atoms with Gasteiger partial charge in [-0.1, -0.05) is 30.3 Å². The lowest BCUT2D eigenvalue weighted by Gasteiger charge is -2.15. The number of rotatable bonds is 4. The summed E-state index contributed by atoms with van der Waals surface area (Å²) in [6.07, 6.45) is 0. The number of hydrogen-bond acceptors (Lipinski definition) is 5. The number of benzene rings is 2. The van der Waals surface area contributed by atoms with Crippen molar-refractivity contribution in [1.29, 1.82) is 0 Å². The normalized spacial score (nSPS) is 10.2. The monoisotopic (exact) mass is 438 g/mol. The van der Waals surface area contributed by atoms with Crippen LogP contribution in [0.15, 0.2) is 36.4 Å². The number of esters is 2. The molecule has 2 aromatic carbocycles. The summed E-state index contributed by atoms with van der Waals surface area (Å²) >= 11 is 1.99. The Morgan fingerprint density at radius 3 is 2.04 bits per heavy atom. The highest BCUT2D eigenvalue weighted by molar-refractivity contribution is 14.1. The molecule has 5 nitrogen and oxygen atoms in total. The molecule has 0 saturated heterocycles. The minimum atomic E-state index is -0.757. The van der Waals surface area contributed by atoms with Crippen LogP contribution in [0.1, 0.15) is 42.2 Å². The van der Waals surface area contributed by atoms with E-state index in [0.29, 0.717) is 14.7 Å². The van der Waals surface area contributed by atoms with Crippen molar-refractivity contribution in [2.75, 3.05) is 14.2 Å². The fraction of sp³-hybridized carbons (Fsp3) is 0.167. The smallest absolute Gasteiger partial charge is 0.339 e. The summed E-state index contributed by atoms with van der Waals surface area (Å²) in [5, 5.41) is 0. The van der Waals surface area contributed by atoms with E-state index in [0.717, 1.165) is 0 Å². The molecule has 0 heterocycles. The number of aryl methyl sites for hydroxylation is 1. The molecular weight excluding hydrogens is 423 g/mol. The highest BCUT2D eigenvalue weighted by Crippen LogP contribution is 2.28. The molecule has 124 valence electrons. The number of ketones is 1. The van der Waals surface area contributed by atoms with E-state index in [9.17, 15) is 14.4 Å². The lowest BCUT2D eigenvalue weighted by atomic mass is 9.92. The first-order chi connectivity index (χ1) is 11.4. The van der Waals surface area contributed by atoms with Gasteiger partial charge in [-0.15, -0.1) is 0 Å². The molecule has 6 heteroatoms. The number of halogens is 1. The second-order valence-electron chi connectivity index (χ2n) is 4.98. The van der Waals surface area contributed by atoms with Crippen molar-refractivity contribution in [2.45, 2.75) is 6.92 Å². The molecule has 2 rings (SSSR count). The maximum absolute atomic E-state index is 13.0. The van der Waals surface area contributed by atoms with E-state index in [1.807, 2.05) is 22.6 Å². The molecule has 24 heavy (non-hydrogen) atoms. The minimum absolute atomic E-state index is 0.0153. The van der Waals surface area contributed by atoms with Gasteiger partial charge in [0.05, 0.1) is 30.9 Å². The van der Waals surface area contributed by atoms with Gasteiger partial charge in [-0.25, -0.2) is 9.59 Å². The van der Waals surface area contributed by atoms with E-state index in [1.165, 1.54) is 20.3 Å². The third-order valence-electron chi connectivity index (χ3n) is 3.50. The summed E-state index contributed by atoms with van der Waals surface area (Å²) < 4.78 is 10.1. The molecule has 0 unspecified atom stereocenters. The highest BCUT2D eigenvalue weighted by Gasteiger charge is 2.29. The van der Waals surface area contributed by atoms with Crippen LogP contribution < -0.4 is 0 Å². The van der Waals surface area contributed by atoms with Gasteiger partial charge >= 0.3 is 11.9 Å². The maximum Gasteiger partial charge on any atom is 0.339 e. The van der Waals surface area contributed by atoms with Crippen molar-refractivity contribution in [3.05, 3.63) is 67.8 Å². The van der Waals surface area contributed by atoms with Gasteiger partial charge in [-0.05, 0) is 41.1 Å². The molecule has 0 aromatic heterocycles. The van der Waals surface area contributed by atoms with Gasteiger partial charge < -0.3 is 9.47 Å². The fourth-order valence-electron chi connectivity index (χ4n) is 2.33. The Morgan fingerprint density at radius 2 is 1.50 bits per heavy atom. The number of carbonyl (C=O) groups is 3. The summed E-state index contributed by atoms with van der Waals surface area (Å²) in [4.78, 5) is 37.3. The van der Waals surface area contributed by atoms with Gasteiger partial charge in [0, 0.05) is 9.13 Å². The van der Waals surface area contributed by atoms with Crippen molar-refractivity contribution in [3.8, 4) is 0 Å². The van der Waals surface area contributed by atoms with Crippen LogP contribution in [0.2, 0.25) is 0 Å². The van der Waals surface area contributed by atoms with E-state index < -0.39 is 11.9 Å². The van der Waals surface area contributed by atoms with E-state index in [-0.39, 0.29) is 22.5 Å². The average Bonchev–Trinajstić information content (AvgIpc) is 2.62. The Bertz CT molecular complexity index is 812. The van der Waals surface area contributed by atoms with Crippen molar-refractivity contribution in [3.63, 3.8) is 0 Å². The van der Waals surface area contributed by atoms with Gasteiger partial charge in [0.2, 0.25) is 0 Å². The number of ether oxygens (including phenoxy) is 2. The van der Waals surface area contributed by atoms with Crippen LogP contribution in [0.4, 0.5) is 0 Å². The highest BCUT2D eigenvalue weighted by atomic mass is 127. The lowest BCUT2D eigenvalue weighted by molar-refractivity contribution is 0.0553. The van der Waals surface area contributed by atoms with Crippen molar-refractivity contribution >= 4 is 40.3 Å². The molecule has 0 aliphatic heterocycles. The largest absolute Gasteiger partial charge is 0.465 e. The van der Waals surface area contributed by atoms with E-state index in [1.54, 1.807) is 37.3 Å². The summed E-state index contributed by atoms with van der Waals surface area (Å²) in [6, 6.07) is 10.1. The van der Waals surface area contributed by atoms with Crippen molar-refractivity contribution in [1.82, 2.24) is 0 Å². The van der Waals surface area contributed by atoms with Crippen LogP contribution >= 0.6 is 22.6 Å². The minimum Gasteiger partial charge on any atom is -0.465 e. The zero-order valence-electron chi connectivity index (χ0n) is 13.4. The van der Waals surface area contributed by atoms with Crippen LogP contribution in [0.25, 0.3) is 0 Å². The number of hydrogen-bond donors (Lipinski definition) is 0. The Labute approximate surface area is 153 Å². The first-order valence-electron chi connectivity index (χ1n) is 7.01. The molecule has 0 radical (unpaired) electrons. The number of carbonyl (C=O) groups excluding carboxylic acids is 3. The molecule has 0 saturated carbocycles. The van der Waals surface area contributed by atoms with Crippen LogP contribution in [-0.2, 0) is 9.47 Å². The van der Waals surface area contributed by atoms with Crippen molar-refractivity contribution in [2.24, 2.45) is 0 Å². The van der Waals surface area contributed by atoms with E-state index >= 15 is 0 Å². The third-order valence-corrected chi connectivity index (χ3v) is 4.89. The van der Waals surface area contributed by atoms with Crippen LogP contribution in [0, 0.1) is 10.5 Å². The number of methoxy groups -OCH3 is 2. The van der Waals surface area contributed by atoms with Gasteiger partial charge in [0.1, 0.15) is 0 Å². The predicted octanol–water partition coefficient (Wildman–Crippen LogP) is 3.40. The molecular formula is C18H15IO5. The molecule has 0 amide bonds. The maximum atomic E-state index is 13.0. The van der Waals surface area contributed by atoms with E-state index in [4.69, 9.17) is 9.47 Å². The van der Waals surface area contributed by atoms with Gasteiger partial charge in [0.15, 0.2) is 5.78 Å². The van der Waals surface area contributed by atoms with Crippen LogP contribution in [0.5, 0.6) is 0 Å². The Hall–Kier alpha value is -2.22. The summed E-state index contributed by atoms with van der Waals surface area (Å²) in [5.74, 6) is -1.81. The predicted molar refractivity (Wildman–Crippen MR) is 96.4 cm³/mol. The molecule has 0 fully saturated rings. The Kier molecular flexibility index (Phi) is 5.71. The second kappa shape index (κ2) is 7.57. The van der Waals surface area contributed by atoms with Gasteiger partial charge in [-0.2, -0.15) is 0 Å². The molecule has 0 aliphatic carbocycles. The molecule has 0 N–H and O–H groups in total. The van der Waals surface area contributed by atoms with Gasteiger partial charge in [-0.3, -0.25) is 4.79 Å². The van der Waals surface area contributed by atoms with Gasteiger partial charge in [0.25, 0.3) is 0 Å². The first-order valence-corrected chi connectivity index (χ1v) is 8.09. The lowest BCUT2D eigenvalue weighted by Crippen LogP contribution is -2.20. The van der Waals surface area contributed by atoms with Crippen LogP contribution in [-0.4, -0.2) is 31.9 Å². The van der Waals surface area contributed by atoms with E-state index in [2.05, 4.69) is 0 Å². The molecule has 0 bridgehead atoms. The molecule has 0 aliphatic rings. The van der Waals surface area contributed by atoms with Crippen LogP contribution in [0.3, 0.4) is 0 Å². The fourth-order valence-corrected chi connectivity index (χ4v) is 3.00. The molecule has 0 spiro atoms. The zero-order chi connectivity index (χ0) is 17.9. The molecule has 2 aromatic rings. The topological polar surface area (TPSA) is 69.7 Å². The zero-order valence-corrected chi connectivity index (χ0v) is 15.5. The van der Waals surface area contributed by atoms with Crippen molar-refractivity contribution < 1.29 is 23.9 Å². The SMILES string of the molecule is COC(=O)c1cc(C)c(I)c(C(=O)c2ccccc2)c1C(=O)OC. The average molecular weight is 438 g/mol. The third kappa shape index (κ3) is 3.33. The summed E-state index contributed by atoms with van der Waals surface area (Å²) in [6.45, 7) is 1.76. The Balaban J connectivity index is 2.82. The summed E-state index contributed by atoms with van der Waals surface area (Å²) in [7, 11) is 2.42. The first kappa shape index (κ1) is 18.1. The quantitative estimate of drug-likeness (QED) is 0.416. The standard InChI is InChI=1S/C18H15IO5/c1-10-9-12(17(21)23-2)13(18(22)24-3)14(15(10)19)16(20)11-7-5-4-6-8-11/h4-9H,1-3H3. The summed E-state index contributed by atoms with van der Waals surface area (Å²) in [5.41, 5.74) is 1.20.